The molecule has 1 aromatic carbocycles. The Balaban J connectivity index is 2.21. The molecule has 7 heteroatoms. The summed E-state index contributed by atoms with van der Waals surface area (Å²) in [7, 11) is -3.64. The van der Waals surface area contributed by atoms with Gasteiger partial charge in [-0.2, -0.15) is 11.8 Å². The summed E-state index contributed by atoms with van der Waals surface area (Å²) in [5.74, 6) is 0.625. The van der Waals surface area contributed by atoms with Gasteiger partial charge < -0.3 is 5.73 Å². The third-order valence-electron chi connectivity index (χ3n) is 3.77. The first-order valence-electron chi connectivity index (χ1n) is 6.90. The number of nitrogens with two attached hydrogens (primary N) is 1. The predicted octanol–water partition coefficient (Wildman–Crippen LogP) is 2.16. The summed E-state index contributed by atoms with van der Waals surface area (Å²) in [4.78, 5) is 0.0773. The molecule has 118 valence electrons. The molecule has 3 N–H and O–H groups in total. The van der Waals surface area contributed by atoms with Gasteiger partial charge in [0.15, 0.2) is 0 Å². The molecular weight excluding hydrogens is 311 g/mol. The zero-order valence-corrected chi connectivity index (χ0v) is 13.9. The van der Waals surface area contributed by atoms with Crippen LogP contribution in [0.3, 0.4) is 0 Å². The molecule has 1 heterocycles. The molecule has 1 aliphatic heterocycles. The van der Waals surface area contributed by atoms with E-state index in [1.165, 1.54) is 12.1 Å². The molecule has 1 aromatic rings. The third kappa shape index (κ3) is 3.77. The standard InChI is InChI=1S/C14H21FN2O2S2/c1-10-6-12(7-11(8-16)13(10)15)21(18,19)17-9-14(2)4-3-5-20-14/h6-7,17H,3-5,8-9,16H2,1-2H3. The molecule has 0 saturated carbocycles. The minimum absolute atomic E-state index is 0.0242. The van der Waals surface area contributed by atoms with Crippen molar-refractivity contribution in [2.75, 3.05) is 12.3 Å². The fraction of sp³-hybridized carbons (Fsp3) is 0.571. The van der Waals surface area contributed by atoms with Crippen LogP contribution in [0.4, 0.5) is 4.39 Å². The number of hydrogen-bond donors (Lipinski definition) is 2. The van der Waals surface area contributed by atoms with Crippen molar-refractivity contribution in [3.8, 4) is 0 Å². The van der Waals surface area contributed by atoms with Crippen molar-refractivity contribution in [3.63, 3.8) is 0 Å². The van der Waals surface area contributed by atoms with Gasteiger partial charge in [-0.05, 0) is 50.1 Å². The Morgan fingerprint density at radius 3 is 2.76 bits per heavy atom. The monoisotopic (exact) mass is 332 g/mol. The van der Waals surface area contributed by atoms with Gasteiger partial charge >= 0.3 is 0 Å². The van der Waals surface area contributed by atoms with Crippen LogP contribution in [0.1, 0.15) is 30.9 Å². The molecule has 21 heavy (non-hydrogen) atoms. The Labute approximate surface area is 129 Å². The number of hydrogen-bond acceptors (Lipinski definition) is 4. The van der Waals surface area contributed by atoms with E-state index in [0.29, 0.717) is 12.1 Å². The average molecular weight is 332 g/mol. The van der Waals surface area contributed by atoms with Crippen LogP contribution < -0.4 is 10.5 Å². The number of aryl methyl sites for hydroxylation is 1. The normalized spacial score (nSPS) is 22.7. The first-order valence-corrected chi connectivity index (χ1v) is 9.37. The van der Waals surface area contributed by atoms with Crippen LogP contribution in [0.2, 0.25) is 0 Å². The lowest BCUT2D eigenvalue weighted by Crippen LogP contribution is -2.36. The van der Waals surface area contributed by atoms with Crippen LogP contribution in [-0.2, 0) is 16.6 Å². The molecule has 0 aliphatic carbocycles. The quantitative estimate of drug-likeness (QED) is 0.867. The predicted molar refractivity (Wildman–Crippen MR) is 84.3 cm³/mol. The minimum Gasteiger partial charge on any atom is -0.326 e. The van der Waals surface area contributed by atoms with Gasteiger partial charge in [-0.25, -0.2) is 17.5 Å². The molecule has 0 aromatic heterocycles. The van der Waals surface area contributed by atoms with E-state index in [1.54, 1.807) is 18.7 Å². The summed E-state index contributed by atoms with van der Waals surface area (Å²) in [6.45, 7) is 3.97. The molecule has 1 atom stereocenters. The zero-order valence-electron chi connectivity index (χ0n) is 12.3. The van der Waals surface area contributed by atoms with Crippen LogP contribution in [0.15, 0.2) is 17.0 Å². The van der Waals surface area contributed by atoms with E-state index in [1.807, 2.05) is 0 Å². The van der Waals surface area contributed by atoms with Gasteiger partial charge in [0.1, 0.15) is 5.82 Å². The zero-order chi connectivity index (χ0) is 15.7. The summed E-state index contributed by atoms with van der Waals surface area (Å²) in [5, 5.41) is 0. The van der Waals surface area contributed by atoms with E-state index in [2.05, 4.69) is 11.6 Å². The molecule has 1 unspecified atom stereocenters. The maximum absolute atomic E-state index is 13.8. The summed E-state index contributed by atoms with van der Waals surface area (Å²) < 4.78 is 41.1. The highest BCUT2D eigenvalue weighted by Gasteiger charge is 2.31. The molecule has 4 nitrogen and oxygen atoms in total. The first-order chi connectivity index (χ1) is 9.77. The Hall–Kier alpha value is -0.630. The highest BCUT2D eigenvalue weighted by molar-refractivity contribution is 8.01. The van der Waals surface area contributed by atoms with E-state index >= 15 is 0 Å². The molecule has 0 amide bonds. The van der Waals surface area contributed by atoms with Crippen molar-refractivity contribution in [3.05, 3.63) is 29.1 Å². The van der Waals surface area contributed by atoms with Gasteiger partial charge in [-0.1, -0.05) is 0 Å². The Bertz CT molecular complexity index is 626. The van der Waals surface area contributed by atoms with E-state index in [0.717, 1.165) is 18.6 Å². The molecule has 0 radical (unpaired) electrons. The van der Waals surface area contributed by atoms with E-state index in [4.69, 9.17) is 5.73 Å². The number of benzene rings is 1. The van der Waals surface area contributed by atoms with Gasteiger partial charge in [0, 0.05) is 23.4 Å². The fourth-order valence-electron chi connectivity index (χ4n) is 2.42. The Morgan fingerprint density at radius 2 is 2.19 bits per heavy atom. The third-order valence-corrected chi connectivity index (χ3v) is 6.69. The minimum atomic E-state index is -3.64. The fourth-order valence-corrected chi connectivity index (χ4v) is 5.06. The van der Waals surface area contributed by atoms with Gasteiger partial charge in [0.25, 0.3) is 0 Å². The molecule has 0 bridgehead atoms. The van der Waals surface area contributed by atoms with Gasteiger partial charge in [0.2, 0.25) is 10.0 Å². The molecule has 1 saturated heterocycles. The van der Waals surface area contributed by atoms with E-state index < -0.39 is 15.8 Å². The average Bonchev–Trinajstić information content (AvgIpc) is 2.87. The van der Waals surface area contributed by atoms with Gasteiger partial charge in [-0.15, -0.1) is 0 Å². The maximum Gasteiger partial charge on any atom is 0.240 e. The summed E-state index contributed by atoms with van der Waals surface area (Å²) in [6.07, 6.45) is 2.10. The molecule has 0 spiro atoms. The lowest BCUT2D eigenvalue weighted by atomic mass is 10.1. The van der Waals surface area contributed by atoms with Crippen molar-refractivity contribution in [1.82, 2.24) is 4.72 Å². The summed E-state index contributed by atoms with van der Waals surface area (Å²) in [5.41, 5.74) is 5.98. The number of rotatable bonds is 5. The molecular formula is C14H21FN2O2S2. The molecule has 1 aliphatic rings. The van der Waals surface area contributed by atoms with Crippen molar-refractivity contribution in [1.29, 1.82) is 0 Å². The second-order valence-corrected chi connectivity index (χ2v) is 9.09. The largest absolute Gasteiger partial charge is 0.326 e. The second-order valence-electron chi connectivity index (χ2n) is 5.64. The lowest BCUT2D eigenvalue weighted by Gasteiger charge is -2.23. The number of thioether (sulfide) groups is 1. The topological polar surface area (TPSA) is 72.2 Å². The van der Waals surface area contributed by atoms with Crippen molar-refractivity contribution < 1.29 is 12.8 Å². The van der Waals surface area contributed by atoms with Gasteiger partial charge in [-0.3, -0.25) is 0 Å². The van der Waals surface area contributed by atoms with Crippen LogP contribution in [-0.4, -0.2) is 25.5 Å². The smallest absolute Gasteiger partial charge is 0.240 e. The summed E-state index contributed by atoms with van der Waals surface area (Å²) >= 11 is 1.79. The van der Waals surface area contributed by atoms with Crippen molar-refractivity contribution in [2.24, 2.45) is 5.73 Å². The SMILES string of the molecule is Cc1cc(S(=O)(=O)NCC2(C)CCCS2)cc(CN)c1F. The number of halogens is 1. The second kappa shape index (κ2) is 6.24. The highest BCUT2D eigenvalue weighted by Crippen LogP contribution is 2.37. The molecule has 2 rings (SSSR count). The van der Waals surface area contributed by atoms with E-state index in [9.17, 15) is 12.8 Å². The van der Waals surface area contributed by atoms with E-state index in [-0.39, 0.29) is 21.8 Å². The Morgan fingerprint density at radius 1 is 1.48 bits per heavy atom. The van der Waals surface area contributed by atoms with Crippen LogP contribution >= 0.6 is 11.8 Å². The Kier molecular flexibility index (Phi) is 4.97. The first kappa shape index (κ1) is 16.7. The van der Waals surface area contributed by atoms with Crippen molar-refractivity contribution >= 4 is 21.8 Å². The summed E-state index contributed by atoms with van der Waals surface area (Å²) in [6, 6.07) is 2.66. The molecule has 1 fully saturated rings. The lowest BCUT2D eigenvalue weighted by molar-refractivity contribution is 0.551. The number of nitrogens with one attached hydrogen (secondary N) is 1. The van der Waals surface area contributed by atoms with Crippen LogP contribution in [0.25, 0.3) is 0 Å². The van der Waals surface area contributed by atoms with Crippen LogP contribution in [0, 0.1) is 12.7 Å². The van der Waals surface area contributed by atoms with Gasteiger partial charge in [0.05, 0.1) is 4.90 Å². The highest BCUT2D eigenvalue weighted by atomic mass is 32.2. The van der Waals surface area contributed by atoms with Crippen molar-refractivity contribution in [2.45, 2.75) is 42.9 Å². The number of sulfonamides is 1. The maximum atomic E-state index is 13.8. The van der Waals surface area contributed by atoms with Crippen LogP contribution in [0.5, 0.6) is 0 Å².